The molecule has 0 radical (unpaired) electrons. The van der Waals surface area contributed by atoms with Crippen molar-refractivity contribution in [2.75, 3.05) is 19.6 Å². The van der Waals surface area contributed by atoms with Crippen LogP contribution in [0.5, 0.6) is 5.75 Å². The molecule has 2 aromatic heterocycles. The van der Waals surface area contributed by atoms with Crippen LogP contribution in [0.1, 0.15) is 10.5 Å². The zero-order valence-corrected chi connectivity index (χ0v) is 18.9. The van der Waals surface area contributed by atoms with Gasteiger partial charge in [0, 0.05) is 23.1 Å². The van der Waals surface area contributed by atoms with Crippen LogP contribution < -0.4 is 10.1 Å². The van der Waals surface area contributed by atoms with Crippen molar-refractivity contribution >= 4 is 39.3 Å². The van der Waals surface area contributed by atoms with Gasteiger partial charge in [0.05, 0.1) is 24.1 Å². The van der Waals surface area contributed by atoms with Gasteiger partial charge in [0.1, 0.15) is 10.9 Å². The molecule has 0 bridgehead atoms. The molecule has 172 valence electrons. The van der Waals surface area contributed by atoms with E-state index in [4.69, 9.17) is 11.6 Å². The Morgan fingerprint density at radius 2 is 2.00 bits per heavy atom. The van der Waals surface area contributed by atoms with E-state index in [9.17, 15) is 22.8 Å². The number of benzene rings is 1. The molecule has 1 fully saturated rings. The number of pyridine rings is 1. The van der Waals surface area contributed by atoms with E-state index in [1.807, 2.05) is 0 Å². The summed E-state index contributed by atoms with van der Waals surface area (Å²) in [6.07, 6.45) is -3.47. The van der Waals surface area contributed by atoms with E-state index in [1.165, 1.54) is 40.0 Å². The Hall–Kier alpha value is -3.12. The number of nitrogens with one attached hydrogen (secondary N) is 1. The molecule has 3 aromatic rings. The third-order valence-corrected chi connectivity index (χ3v) is 5.29. The zero-order valence-electron chi connectivity index (χ0n) is 16.6. The van der Waals surface area contributed by atoms with Gasteiger partial charge in [-0.15, -0.1) is 13.2 Å². The average Bonchev–Trinajstić information content (AvgIpc) is 3.17. The number of carbonyl (C=O) groups excluding carboxylic acids is 2. The molecule has 1 aliphatic rings. The molecule has 2 amide bonds. The van der Waals surface area contributed by atoms with Crippen LogP contribution >= 0.6 is 27.5 Å². The second kappa shape index (κ2) is 9.02. The highest BCUT2D eigenvalue weighted by molar-refractivity contribution is 9.10. The first-order valence-electron chi connectivity index (χ1n) is 9.44. The maximum absolute atomic E-state index is 13.0. The van der Waals surface area contributed by atoms with Crippen molar-refractivity contribution < 1.29 is 27.5 Å². The number of rotatable bonds is 4. The Kier molecular flexibility index (Phi) is 6.30. The van der Waals surface area contributed by atoms with Crippen LogP contribution in [0.15, 0.2) is 47.1 Å². The summed E-state index contributed by atoms with van der Waals surface area (Å²) < 4.78 is 44.1. The van der Waals surface area contributed by atoms with Gasteiger partial charge in [-0.2, -0.15) is 5.10 Å². The van der Waals surface area contributed by atoms with Crippen molar-refractivity contribution in [3.8, 4) is 22.7 Å². The summed E-state index contributed by atoms with van der Waals surface area (Å²) >= 11 is 9.05. The summed E-state index contributed by atoms with van der Waals surface area (Å²) in [5.41, 5.74) is 1.02. The summed E-state index contributed by atoms with van der Waals surface area (Å²) in [6.45, 7) is 0.489. The van der Waals surface area contributed by atoms with Crippen molar-refractivity contribution in [2.24, 2.45) is 0 Å². The Labute approximate surface area is 198 Å². The summed E-state index contributed by atoms with van der Waals surface area (Å²) in [7, 11) is 0. The van der Waals surface area contributed by atoms with Crippen molar-refractivity contribution in [1.29, 1.82) is 0 Å². The molecule has 0 saturated carbocycles. The van der Waals surface area contributed by atoms with Crippen LogP contribution in [0.3, 0.4) is 0 Å². The topological polar surface area (TPSA) is 89.4 Å². The molecule has 33 heavy (non-hydrogen) atoms. The highest BCUT2D eigenvalue weighted by Crippen LogP contribution is 2.33. The lowest BCUT2D eigenvalue weighted by Gasteiger charge is -2.25. The third-order valence-electron chi connectivity index (χ3n) is 4.61. The van der Waals surface area contributed by atoms with Crippen molar-refractivity contribution in [2.45, 2.75) is 6.36 Å². The largest absolute Gasteiger partial charge is 0.573 e. The fraction of sp³-hybridized carbons (Fsp3) is 0.200. The van der Waals surface area contributed by atoms with Gasteiger partial charge in [0.15, 0.2) is 5.69 Å². The first-order valence-corrected chi connectivity index (χ1v) is 10.6. The zero-order chi connectivity index (χ0) is 23.8. The third kappa shape index (κ3) is 5.45. The number of hydrogen-bond acceptors (Lipinski definition) is 5. The molecule has 4 rings (SSSR count). The normalized spacial score (nSPS) is 14.2. The van der Waals surface area contributed by atoms with Gasteiger partial charge in [-0.05, 0) is 36.4 Å². The van der Waals surface area contributed by atoms with Crippen molar-refractivity contribution in [3.63, 3.8) is 0 Å². The molecule has 13 heteroatoms. The molecule has 8 nitrogen and oxygen atoms in total. The van der Waals surface area contributed by atoms with Gasteiger partial charge < -0.3 is 15.0 Å². The smallest absolute Gasteiger partial charge is 0.406 e. The van der Waals surface area contributed by atoms with E-state index in [1.54, 1.807) is 12.1 Å². The van der Waals surface area contributed by atoms with Crippen LogP contribution in [0.25, 0.3) is 16.9 Å². The van der Waals surface area contributed by atoms with E-state index in [0.717, 1.165) is 0 Å². The predicted molar refractivity (Wildman–Crippen MR) is 115 cm³/mol. The highest BCUT2D eigenvalue weighted by atomic mass is 79.9. The van der Waals surface area contributed by atoms with E-state index >= 15 is 0 Å². The molecule has 0 unspecified atom stereocenters. The van der Waals surface area contributed by atoms with E-state index in [2.05, 4.69) is 36.1 Å². The molecule has 1 N–H and O–H groups in total. The lowest BCUT2D eigenvalue weighted by atomic mass is 10.1. The molecule has 0 aliphatic carbocycles. The maximum atomic E-state index is 13.0. The number of hydrogen-bond donors (Lipinski definition) is 1. The monoisotopic (exact) mass is 543 g/mol. The van der Waals surface area contributed by atoms with Crippen LogP contribution in [0.2, 0.25) is 5.15 Å². The lowest BCUT2D eigenvalue weighted by molar-refractivity contribution is -0.274. The van der Waals surface area contributed by atoms with Gasteiger partial charge in [0.25, 0.3) is 5.91 Å². The van der Waals surface area contributed by atoms with Gasteiger partial charge in [-0.25, -0.2) is 9.67 Å². The summed E-state index contributed by atoms with van der Waals surface area (Å²) in [5, 5.41) is 7.21. The Bertz CT molecular complexity index is 1220. The summed E-state index contributed by atoms with van der Waals surface area (Å²) in [5.74, 6) is -1.24. The molecular formula is C20H14BrClF3N5O3. The van der Waals surface area contributed by atoms with Crippen LogP contribution in [0, 0.1) is 0 Å². The van der Waals surface area contributed by atoms with E-state index in [0.29, 0.717) is 34.5 Å². The molecule has 1 aliphatic heterocycles. The fourth-order valence-corrected chi connectivity index (χ4v) is 3.84. The predicted octanol–water partition coefficient (Wildman–Crippen LogP) is 3.82. The van der Waals surface area contributed by atoms with Gasteiger partial charge in [-0.3, -0.25) is 9.59 Å². The molecule has 3 heterocycles. The van der Waals surface area contributed by atoms with E-state index < -0.39 is 18.0 Å². The number of ether oxygens (including phenoxy) is 1. The van der Waals surface area contributed by atoms with Crippen molar-refractivity contribution in [1.82, 2.24) is 25.0 Å². The van der Waals surface area contributed by atoms with Crippen molar-refractivity contribution in [3.05, 3.63) is 57.9 Å². The number of alkyl halides is 3. The number of halogens is 5. The Morgan fingerprint density at radius 3 is 2.67 bits per heavy atom. The first-order chi connectivity index (χ1) is 15.6. The number of amides is 2. The van der Waals surface area contributed by atoms with Gasteiger partial charge >= 0.3 is 6.36 Å². The lowest BCUT2D eigenvalue weighted by Crippen LogP contribution is -2.50. The minimum atomic E-state index is -4.88. The number of carbonyl (C=O) groups is 2. The second-order valence-electron chi connectivity index (χ2n) is 6.97. The average molecular weight is 545 g/mol. The maximum Gasteiger partial charge on any atom is 0.573 e. The van der Waals surface area contributed by atoms with Gasteiger partial charge in [0.2, 0.25) is 5.91 Å². The second-order valence-corrected chi connectivity index (χ2v) is 8.27. The SMILES string of the molecule is O=C1CN(C(=O)c2cc(-c3cc(Br)cc(OC(F)(F)F)c3)n(-c3ccc(Cl)nc3)n2)CCN1. The van der Waals surface area contributed by atoms with Crippen LogP contribution in [-0.4, -0.2) is 57.5 Å². The Morgan fingerprint density at radius 1 is 1.21 bits per heavy atom. The standard InChI is InChI=1S/C20H14BrClF3N5O3/c21-12-5-11(6-14(7-12)33-20(23,24)25)16-8-15(19(32)29-4-3-26-18(31)10-29)28-30(16)13-1-2-17(22)27-9-13/h1-2,5-9H,3-4,10H2,(H,26,31). The number of piperazine rings is 1. The minimum absolute atomic E-state index is 0.00733. The minimum Gasteiger partial charge on any atom is -0.406 e. The quantitative estimate of drug-likeness (QED) is 0.505. The summed E-state index contributed by atoms with van der Waals surface area (Å²) in [4.78, 5) is 30.0. The Balaban J connectivity index is 1.80. The molecule has 1 aromatic carbocycles. The van der Waals surface area contributed by atoms with Crippen LogP contribution in [0.4, 0.5) is 13.2 Å². The fourth-order valence-electron chi connectivity index (χ4n) is 3.26. The van der Waals surface area contributed by atoms with Gasteiger partial charge in [-0.1, -0.05) is 27.5 Å². The first kappa shape index (κ1) is 23.1. The molecule has 0 atom stereocenters. The number of aromatic nitrogens is 3. The molecular weight excluding hydrogens is 531 g/mol. The highest BCUT2D eigenvalue weighted by Gasteiger charge is 2.32. The summed E-state index contributed by atoms with van der Waals surface area (Å²) in [6, 6.07) is 8.44. The molecule has 0 spiro atoms. The van der Waals surface area contributed by atoms with E-state index in [-0.39, 0.29) is 23.3 Å². The molecule has 1 saturated heterocycles. The number of nitrogens with zero attached hydrogens (tertiary/aromatic N) is 4. The van der Waals surface area contributed by atoms with Crippen LogP contribution in [-0.2, 0) is 4.79 Å².